The maximum atomic E-state index is 12.0. The summed E-state index contributed by atoms with van der Waals surface area (Å²) >= 11 is 1.72. The average Bonchev–Trinajstić information content (AvgIpc) is 2.97. The number of nitrogens with one attached hydrogen (secondary N) is 1. The van der Waals surface area contributed by atoms with Gasteiger partial charge in [-0.3, -0.25) is 0 Å². The van der Waals surface area contributed by atoms with E-state index >= 15 is 0 Å². The summed E-state index contributed by atoms with van der Waals surface area (Å²) in [4.78, 5) is 13.9. The normalized spacial score (nSPS) is 23.3. The summed E-state index contributed by atoms with van der Waals surface area (Å²) in [6, 6.07) is 2.49. The molecule has 1 aromatic heterocycles. The third kappa shape index (κ3) is 3.03. The van der Waals surface area contributed by atoms with Crippen molar-refractivity contribution >= 4 is 17.4 Å². The summed E-state index contributed by atoms with van der Waals surface area (Å²) in [5.41, 5.74) is 1.36. The van der Waals surface area contributed by atoms with Gasteiger partial charge in [-0.25, -0.2) is 4.79 Å². The molecule has 1 saturated heterocycles. The third-order valence-electron chi connectivity index (χ3n) is 3.43. The first kappa shape index (κ1) is 13.4. The highest BCUT2D eigenvalue weighted by Crippen LogP contribution is 2.32. The van der Waals surface area contributed by atoms with Crippen molar-refractivity contribution in [1.82, 2.24) is 10.2 Å². The zero-order valence-electron chi connectivity index (χ0n) is 10.9. The Morgan fingerprint density at radius 3 is 3.17 bits per heavy atom. The standard InChI is InChI=1S/C13H20N2O2S/c1-10-7-12(11-3-6-18-9-11)8-15(10)13(16)14-4-5-17-2/h3,6,9-10,12H,4-5,7-8H2,1-2H3,(H,14,16)/t10-,12+/m0/s1. The molecule has 1 aliphatic heterocycles. The van der Waals surface area contributed by atoms with Gasteiger partial charge in [0.15, 0.2) is 0 Å². The van der Waals surface area contributed by atoms with E-state index in [4.69, 9.17) is 4.74 Å². The number of hydrogen-bond donors (Lipinski definition) is 1. The van der Waals surface area contributed by atoms with E-state index in [0.717, 1.165) is 13.0 Å². The van der Waals surface area contributed by atoms with Crippen molar-refractivity contribution in [1.29, 1.82) is 0 Å². The van der Waals surface area contributed by atoms with Crippen molar-refractivity contribution in [2.45, 2.75) is 25.3 Å². The first-order chi connectivity index (χ1) is 8.72. The van der Waals surface area contributed by atoms with Gasteiger partial charge in [0, 0.05) is 32.2 Å². The molecule has 0 spiro atoms. The molecule has 2 amide bonds. The molecule has 0 aliphatic carbocycles. The van der Waals surface area contributed by atoms with E-state index in [0.29, 0.717) is 25.1 Å². The number of urea groups is 1. The molecule has 0 unspecified atom stereocenters. The fraction of sp³-hybridized carbons (Fsp3) is 0.615. The molecule has 1 aliphatic rings. The van der Waals surface area contributed by atoms with Crippen LogP contribution in [0.5, 0.6) is 0 Å². The molecule has 0 aromatic carbocycles. The van der Waals surface area contributed by atoms with E-state index in [2.05, 4.69) is 29.1 Å². The summed E-state index contributed by atoms with van der Waals surface area (Å²) in [5.74, 6) is 0.486. The molecule has 0 saturated carbocycles. The predicted octanol–water partition coefficient (Wildman–Crippen LogP) is 2.28. The van der Waals surface area contributed by atoms with Crippen LogP contribution < -0.4 is 5.32 Å². The number of rotatable bonds is 4. The highest BCUT2D eigenvalue weighted by molar-refractivity contribution is 7.07. The highest BCUT2D eigenvalue weighted by Gasteiger charge is 2.33. The number of likely N-dealkylation sites (tertiary alicyclic amines) is 1. The Bertz CT molecular complexity index is 380. The predicted molar refractivity (Wildman–Crippen MR) is 73.1 cm³/mol. The van der Waals surface area contributed by atoms with Crippen molar-refractivity contribution < 1.29 is 9.53 Å². The zero-order chi connectivity index (χ0) is 13.0. The average molecular weight is 268 g/mol. The van der Waals surface area contributed by atoms with Crippen molar-refractivity contribution in [3.8, 4) is 0 Å². The fourth-order valence-corrected chi connectivity index (χ4v) is 3.17. The summed E-state index contributed by atoms with van der Waals surface area (Å²) in [6.07, 6.45) is 1.05. The quantitative estimate of drug-likeness (QED) is 0.851. The van der Waals surface area contributed by atoms with Crippen LogP contribution >= 0.6 is 11.3 Å². The molecule has 2 rings (SSSR count). The maximum absolute atomic E-state index is 12.0. The molecular weight excluding hydrogens is 248 g/mol. The molecule has 4 nitrogen and oxygen atoms in total. The summed E-state index contributed by atoms with van der Waals surface area (Å²) in [6.45, 7) is 4.06. The lowest BCUT2D eigenvalue weighted by Gasteiger charge is -2.21. The van der Waals surface area contributed by atoms with Crippen LogP contribution in [0, 0.1) is 0 Å². The van der Waals surface area contributed by atoms with Crippen molar-refractivity contribution in [3.63, 3.8) is 0 Å². The lowest BCUT2D eigenvalue weighted by molar-refractivity contribution is 0.178. The van der Waals surface area contributed by atoms with Crippen molar-refractivity contribution in [2.24, 2.45) is 0 Å². The third-order valence-corrected chi connectivity index (χ3v) is 4.13. The summed E-state index contributed by atoms with van der Waals surface area (Å²) in [7, 11) is 1.64. The van der Waals surface area contributed by atoms with E-state index in [1.165, 1.54) is 5.56 Å². The molecule has 1 aromatic rings. The molecule has 2 heterocycles. The molecule has 100 valence electrons. The van der Waals surface area contributed by atoms with Crippen LogP contribution in [0.1, 0.15) is 24.8 Å². The summed E-state index contributed by atoms with van der Waals surface area (Å²) in [5, 5.41) is 7.17. The first-order valence-electron chi connectivity index (χ1n) is 6.28. The van der Waals surface area contributed by atoms with Gasteiger partial charge in [-0.1, -0.05) is 0 Å². The second-order valence-electron chi connectivity index (χ2n) is 4.72. The highest BCUT2D eigenvalue weighted by atomic mass is 32.1. The molecule has 1 N–H and O–H groups in total. The minimum absolute atomic E-state index is 0.0253. The van der Waals surface area contributed by atoms with Crippen LogP contribution in [-0.2, 0) is 4.74 Å². The lowest BCUT2D eigenvalue weighted by Crippen LogP contribution is -2.42. The van der Waals surface area contributed by atoms with Crippen LogP contribution in [0.4, 0.5) is 4.79 Å². The van der Waals surface area contributed by atoms with Crippen LogP contribution in [0.25, 0.3) is 0 Å². The van der Waals surface area contributed by atoms with Gasteiger partial charge in [0.05, 0.1) is 6.61 Å². The second-order valence-corrected chi connectivity index (χ2v) is 5.50. The summed E-state index contributed by atoms with van der Waals surface area (Å²) < 4.78 is 4.93. The van der Waals surface area contributed by atoms with E-state index in [1.54, 1.807) is 18.4 Å². The first-order valence-corrected chi connectivity index (χ1v) is 7.22. The van der Waals surface area contributed by atoms with Gasteiger partial charge in [-0.15, -0.1) is 0 Å². The number of carbonyl (C=O) groups is 1. The minimum atomic E-state index is 0.0253. The number of hydrogen-bond acceptors (Lipinski definition) is 3. The smallest absolute Gasteiger partial charge is 0.317 e. The van der Waals surface area contributed by atoms with Crippen LogP contribution in [0.3, 0.4) is 0 Å². The largest absolute Gasteiger partial charge is 0.383 e. The van der Waals surface area contributed by atoms with Crippen molar-refractivity contribution in [2.75, 3.05) is 26.8 Å². The Balaban J connectivity index is 1.88. The number of carbonyl (C=O) groups excluding carboxylic acids is 1. The van der Waals surface area contributed by atoms with E-state index in [-0.39, 0.29) is 6.03 Å². The topological polar surface area (TPSA) is 41.6 Å². The molecule has 5 heteroatoms. The van der Waals surface area contributed by atoms with Gasteiger partial charge < -0.3 is 15.0 Å². The van der Waals surface area contributed by atoms with Gasteiger partial charge in [-0.05, 0) is 35.7 Å². The van der Waals surface area contributed by atoms with Gasteiger partial charge in [0.1, 0.15) is 0 Å². The number of thiophene rings is 1. The number of methoxy groups -OCH3 is 1. The van der Waals surface area contributed by atoms with Gasteiger partial charge in [-0.2, -0.15) is 11.3 Å². The Kier molecular flexibility index (Phi) is 4.60. The molecular formula is C13H20N2O2S. The van der Waals surface area contributed by atoms with Crippen LogP contribution in [-0.4, -0.2) is 43.8 Å². The fourth-order valence-electron chi connectivity index (χ4n) is 2.42. The van der Waals surface area contributed by atoms with Gasteiger partial charge in [0.2, 0.25) is 0 Å². The van der Waals surface area contributed by atoms with Crippen molar-refractivity contribution in [3.05, 3.63) is 22.4 Å². The number of amides is 2. The minimum Gasteiger partial charge on any atom is -0.383 e. The maximum Gasteiger partial charge on any atom is 0.317 e. The molecule has 2 atom stereocenters. The Labute approximate surface area is 112 Å². The van der Waals surface area contributed by atoms with Gasteiger partial charge >= 0.3 is 6.03 Å². The Morgan fingerprint density at radius 2 is 2.50 bits per heavy atom. The SMILES string of the molecule is COCCNC(=O)N1C[C@H](c2ccsc2)C[C@@H]1C. The van der Waals surface area contributed by atoms with E-state index in [9.17, 15) is 4.79 Å². The van der Waals surface area contributed by atoms with E-state index < -0.39 is 0 Å². The van der Waals surface area contributed by atoms with Crippen LogP contribution in [0.2, 0.25) is 0 Å². The number of nitrogens with zero attached hydrogens (tertiary/aromatic N) is 1. The lowest BCUT2D eigenvalue weighted by atomic mass is 10.00. The molecule has 1 fully saturated rings. The number of ether oxygens (including phenoxy) is 1. The van der Waals surface area contributed by atoms with E-state index in [1.807, 2.05) is 4.90 Å². The second kappa shape index (κ2) is 6.20. The van der Waals surface area contributed by atoms with Gasteiger partial charge in [0.25, 0.3) is 0 Å². The molecule has 0 bridgehead atoms. The molecule has 18 heavy (non-hydrogen) atoms. The Morgan fingerprint density at radius 1 is 1.67 bits per heavy atom. The monoisotopic (exact) mass is 268 g/mol. The van der Waals surface area contributed by atoms with Crippen LogP contribution in [0.15, 0.2) is 16.8 Å². The Hall–Kier alpha value is -1.07. The zero-order valence-corrected chi connectivity index (χ0v) is 11.7. The molecule has 0 radical (unpaired) electrons.